The maximum absolute atomic E-state index is 12.3. The number of benzene rings is 1. The lowest BCUT2D eigenvalue weighted by Crippen LogP contribution is -2.40. The molecule has 3 rings (SSSR count). The van der Waals surface area contributed by atoms with Gasteiger partial charge in [-0.3, -0.25) is 4.79 Å². The molecule has 0 unspecified atom stereocenters. The standard InChI is InChI=1S/C17H24N2O3/c1-2-19-7-3-4-13(12-19)11-18-17(20)14-5-6-15-16(10-14)22-9-8-21-15/h5-6,10,13H,2-4,7-9,11-12H2,1H3,(H,18,20)/t13-/m1/s1. The molecule has 0 aliphatic carbocycles. The van der Waals surface area contributed by atoms with Crippen LogP contribution >= 0.6 is 0 Å². The Labute approximate surface area is 131 Å². The number of hydrogen-bond acceptors (Lipinski definition) is 4. The number of fused-ring (bicyclic) bond motifs is 1. The van der Waals surface area contributed by atoms with Gasteiger partial charge < -0.3 is 19.7 Å². The van der Waals surface area contributed by atoms with Crippen molar-refractivity contribution in [2.24, 2.45) is 5.92 Å². The fourth-order valence-corrected chi connectivity index (χ4v) is 3.13. The molecule has 0 saturated carbocycles. The summed E-state index contributed by atoms with van der Waals surface area (Å²) in [5.41, 5.74) is 0.632. The van der Waals surface area contributed by atoms with E-state index in [1.165, 1.54) is 19.4 Å². The highest BCUT2D eigenvalue weighted by molar-refractivity contribution is 5.94. The highest BCUT2D eigenvalue weighted by Gasteiger charge is 2.20. The molecule has 0 spiro atoms. The van der Waals surface area contributed by atoms with Crippen molar-refractivity contribution in [3.8, 4) is 11.5 Å². The molecular formula is C17H24N2O3. The number of amides is 1. The van der Waals surface area contributed by atoms with Crippen molar-refractivity contribution < 1.29 is 14.3 Å². The smallest absolute Gasteiger partial charge is 0.251 e. The van der Waals surface area contributed by atoms with Gasteiger partial charge in [0, 0.05) is 18.7 Å². The van der Waals surface area contributed by atoms with E-state index in [-0.39, 0.29) is 5.91 Å². The molecule has 0 aromatic heterocycles. The summed E-state index contributed by atoms with van der Waals surface area (Å²) in [4.78, 5) is 14.8. The minimum absolute atomic E-state index is 0.0365. The third kappa shape index (κ3) is 3.53. The van der Waals surface area contributed by atoms with Crippen molar-refractivity contribution >= 4 is 5.91 Å². The van der Waals surface area contributed by atoms with Crippen LogP contribution in [0.4, 0.5) is 0 Å². The number of carbonyl (C=O) groups is 1. The Hall–Kier alpha value is -1.75. The van der Waals surface area contributed by atoms with E-state index in [1.807, 2.05) is 6.07 Å². The molecule has 2 aliphatic rings. The topological polar surface area (TPSA) is 50.8 Å². The Balaban J connectivity index is 1.55. The Morgan fingerprint density at radius 1 is 1.32 bits per heavy atom. The highest BCUT2D eigenvalue weighted by atomic mass is 16.6. The van der Waals surface area contributed by atoms with Gasteiger partial charge >= 0.3 is 0 Å². The molecule has 2 aliphatic heterocycles. The van der Waals surface area contributed by atoms with Crippen LogP contribution in [0.5, 0.6) is 11.5 Å². The molecule has 0 radical (unpaired) electrons. The Morgan fingerprint density at radius 2 is 2.14 bits per heavy atom. The summed E-state index contributed by atoms with van der Waals surface area (Å²) in [6, 6.07) is 5.37. The second kappa shape index (κ2) is 7.01. The minimum atomic E-state index is -0.0365. The summed E-state index contributed by atoms with van der Waals surface area (Å²) in [5.74, 6) is 1.89. The monoisotopic (exact) mass is 304 g/mol. The van der Waals surface area contributed by atoms with Gasteiger partial charge in [0.15, 0.2) is 11.5 Å². The lowest BCUT2D eigenvalue weighted by molar-refractivity contribution is 0.0932. The Bertz CT molecular complexity index is 533. The average molecular weight is 304 g/mol. The molecular weight excluding hydrogens is 280 g/mol. The van der Waals surface area contributed by atoms with Gasteiger partial charge in [-0.1, -0.05) is 6.92 Å². The maximum atomic E-state index is 12.3. The van der Waals surface area contributed by atoms with E-state index in [0.29, 0.717) is 36.2 Å². The summed E-state index contributed by atoms with van der Waals surface area (Å²) in [5, 5.41) is 3.06. The molecule has 120 valence electrons. The first-order valence-electron chi connectivity index (χ1n) is 8.16. The fourth-order valence-electron chi connectivity index (χ4n) is 3.13. The number of carbonyl (C=O) groups excluding carboxylic acids is 1. The number of nitrogens with zero attached hydrogens (tertiary/aromatic N) is 1. The second-order valence-corrected chi connectivity index (χ2v) is 5.97. The number of nitrogens with one attached hydrogen (secondary N) is 1. The zero-order valence-corrected chi connectivity index (χ0v) is 13.1. The second-order valence-electron chi connectivity index (χ2n) is 5.97. The zero-order chi connectivity index (χ0) is 15.4. The van der Waals surface area contributed by atoms with Crippen LogP contribution in [0.1, 0.15) is 30.1 Å². The van der Waals surface area contributed by atoms with Crippen molar-refractivity contribution in [2.75, 3.05) is 39.4 Å². The van der Waals surface area contributed by atoms with Crippen LogP contribution < -0.4 is 14.8 Å². The van der Waals surface area contributed by atoms with E-state index < -0.39 is 0 Å². The normalized spacial score (nSPS) is 21.4. The lowest BCUT2D eigenvalue weighted by Gasteiger charge is -2.31. The van der Waals surface area contributed by atoms with Crippen LogP contribution in [0.2, 0.25) is 0 Å². The van der Waals surface area contributed by atoms with Gasteiger partial charge in [-0.15, -0.1) is 0 Å². The Kier molecular flexibility index (Phi) is 4.83. The van der Waals surface area contributed by atoms with E-state index in [2.05, 4.69) is 17.1 Å². The van der Waals surface area contributed by atoms with Crippen molar-refractivity contribution in [1.29, 1.82) is 0 Å². The molecule has 1 N–H and O–H groups in total. The van der Waals surface area contributed by atoms with E-state index >= 15 is 0 Å². The number of piperidine rings is 1. The van der Waals surface area contributed by atoms with Crippen LogP contribution in [-0.4, -0.2) is 50.2 Å². The van der Waals surface area contributed by atoms with Gasteiger partial charge in [-0.05, 0) is 50.0 Å². The number of rotatable bonds is 4. The zero-order valence-electron chi connectivity index (χ0n) is 13.1. The summed E-state index contributed by atoms with van der Waals surface area (Å²) in [7, 11) is 0. The first-order valence-corrected chi connectivity index (χ1v) is 8.16. The fraction of sp³-hybridized carbons (Fsp3) is 0.588. The van der Waals surface area contributed by atoms with Gasteiger partial charge in [0.2, 0.25) is 0 Å². The predicted octanol–water partition coefficient (Wildman–Crippen LogP) is 1.92. The lowest BCUT2D eigenvalue weighted by atomic mass is 9.98. The van der Waals surface area contributed by atoms with E-state index in [4.69, 9.17) is 9.47 Å². The molecule has 5 heteroatoms. The summed E-state index contributed by atoms with van der Waals surface area (Å²) in [6.07, 6.45) is 2.41. The number of likely N-dealkylation sites (tertiary alicyclic amines) is 1. The van der Waals surface area contributed by atoms with Crippen LogP contribution in [0.25, 0.3) is 0 Å². The third-order valence-electron chi connectivity index (χ3n) is 4.41. The van der Waals surface area contributed by atoms with Gasteiger partial charge in [0.25, 0.3) is 5.91 Å². The molecule has 5 nitrogen and oxygen atoms in total. The quantitative estimate of drug-likeness (QED) is 0.923. The molecule has 1 fully saturated rings. The van der Waals surface area contributed by atoms with Crippen LogP contribution in [0, 0.1) is 5.92 Å². The first-order chi connectivity index (χ1) is 10.8. The molecule has 2 heterocycles. The molecule has 22 heavy (non-hydrogen) atoms. The average Bonchev–Trinajstić information content (AvgIpc) is 2.59. The van der Waals surface area contributed by atoms with Crippen molar-refractivity contribution in [2.45, 2.75) is 19.8 Å². The van der Waals surface area contributed by atoms with Gasteiger partial charge in [-0.2, -0.15) is 0 Å². The van der Waals surface area contributed by atoms with Crippen LogP contribution in [0.15, 0.2) is 18.2 Å². The predicted molar refractivity (Wildman–Crippen MR) is 84.6 cm³/mol. The van der Waals surface area contributed by atoms with Gasteiger partial charge in [0.1, 0.15) is 13.2 Å². The largest absolute Gasteiger partial charge is 0.486 e. The summed E-state index contributed by atoms with van der Waals surface area (Å²) >= 11 is 0. The number of ether oxygens (including phenoxy) is 2. The first kappa shape index (κ1) is 15.2. The van der Waals surface area contributed by atoms with Crippen molar-refractivity contribution in [1.82, 2.24) is 10.2 Å². The third-order valence-corrected chi connectivity index (χ3v) is 4.41. The number of hydrogen-bond donors (Lipinski definition) is 1. The Morgan fingerprint density at radius 3 is 2.95 bits per heavy atom. The SMILES string of the molecule is CCN1CCC[C@H](CNC(=O)c2ccc3c(c2)OCCO3)C1. The molecule has 1 atom stereocenters. The van der Waals surface area contributed by atoms with Crippen molar-refractivity contribution in [3.05, 3.63) is 23.8 Å². The molecule has 1 aromatic rings. The highest BCUT2D eigenvalue weighted by Crippen LogP contribution is 2.30. The van der Waals surface area contributed by atoms with Crippen molar-refractivity contribution in [3.63, 3.8) is 0 Å². The molecule has 0 bridgehead atoms. The summed E-state index contributed by atoms with van der Waals surface area (Å²) in [6.45, 7) is 7.38. The molecule has 1 amide bonds. The maximum Gasteiger partial charge on any atom is 0.251 e. The molecule has 1 aromatic carbocycles. The summed E-state index contributed by atoms with van der Waals surface area (Å²) < 4.78 is 11.0. The van der Waals surface area contributed by atoms with E-state index in [1.54, 1.807) is 12.1 Å². The van der Waals surface area contributed by atoms with Gasteiger partial charge in [-0.25, -0.2) is 0 Å². The van der Waals surface area contributed by atoms with Crippen LogP contribution in [0.3, 0.4) is 0 Å². The minimum Gasteiger partial charge on any atom is -0.486 e. The van der Waals surface area contributed by atoms with Crippen LogP contribution in [-0.2, 0) is 0 Å². The molecule has 1 saturated heterocycles. The van der Waals surface area contributed by atoms with E-state index in [9.17, 15) is 4.79 Å². The van der Waals surface area contributed by atoms with Gasteiger partial charge in [0.05, 0.1) is 0 Å². The van der Waals surface area contributed by atoms with E-state index in [0.717, 1.165) is 19.6 Å².